The van der Waals surface area contributed by atoms with E-state index >= 15 is 0 Å². The van der Waals surface area contributed by atoms with Gasteiger partial charge in [0.2, 0.25) is 0 Å². The SMILES string of the molecule is O=C(/C=C/c1cccc([N+](=O)[O-])c1)c1cc(=O)oc2cc(O)ccc12. The van der Waals surface area contributed by atoms with Crippen molar-refractivity contribution < 1.29 is 19.2 Å². The minimum atomic E-state index is -0.717. The van der Waals surface area contributed by atoms with E-state index in [1.165, 1.54) is 48.6 Å². The van der Waals surface area contributed by atoms with Crippen LogP contribution in [0.2, 0.25) is 0 Å². The Kier molecular flexibility index (Phi) is 4.13. The van der Waals surface area contributed by atoms with Crippen LogP contribution in [0.3, 0.4) is 0 Å². The van der Waals surface area contributed by atoms with Gasteiger partial charge in [-0.25, -0.2) is 4.79 Å². The molecule has 7 nitrogen and oxygen atoms in total. The average molecular weight is 337 g/mol. The van der Waals surface area contributed by atoms with Gasteiger partial charge in [-0.2, -0.15) is 0 Å². The molecule has 1 aromatic heterocycles. The number of hydrogen-bond acceptors (Lipinski definition) is 6. The summed E-state index contributed by atoms with van der Waals surface area (Å²) in [6.07, 6.45) is 2.65. The zero-order valence-electron chi connectivity index (χ0n) is 12.7. The molecule has 1 N–H and O–H groups in total. The summed E-state index contributed by atoms with van der Waals surface area (Å²) in [6.45, 7) is 0. The first-order valence-electron chi connectivity index (χ1n) is 7.18. The lowest BCUT2D eigenvalue weighted by Crippen LogP contribution is -2.04. The van der Waals surface area contributed by atoms with Crippen LogP contribution in [-0.4, -0.2) is 15.8 Å². The van der Waals surface area contributed by atoms with Gasteiger partial charge in [-0.15, -0.1) is 0 Å². The van der Waals surface area contributed by atoms with Crippen molar-refractivity contribution in [1.29, 1.82) is 0 Å². The van der Waals surface area contributed by atoms with Crippen molar-refractivity contribution in [2.45, 2.75) is 0 Å². The molecular formula is C18H11NO6. The van der Waals surface area contributed by atoms with Crippen LogP contribution < -0.4 is 5.63 Å². The molecule has 3 aromatic rings. The molecule has 0 unspecified atom stereocenters. The first kappa shape index (κ1) is 16.1. The fraction of sp³-hybridized carbons (Fsp3) is 0. The van der Waals surface area contributed by atoms with Gasteiger partial charge >= 0.3 is 5.63 Å². The van der Waals surface area contributed by atoms with Gasteiger partial charge in [-0.1, -0.05) is 18.2 Å². The lowest BCUT2D eigenvalue weighted by atomic mass is 10.0. The number of benzene rings is 2. The molecule has 0 aliphatic rings. The predicted molar refractivity (Wildman–Crippen MR) is 90.6 cm³/mol. The number of hydrogen-bond donors (Lipinski definition) is 1. The van der Waals surface area contributed by atoms with Crippen molar-refractivity contribution in [2.75, 3.05) is 0 Å². The van der Waals surface area contributed by atoms with Gasteiger partial charge in [0.1, 0.15) is 11.3 Å². The van der Waals surface area contributed by atoms with E-state index in [1.54, 1.807) is 6.07 Å². The minimum Gasteiger partial charge on any atom is -0.508 e. The average Bonchev–Trinajstić information content (AvgIpc) is 2.58. The molecule has 0 spiro atoms. The molecule has 0 saturated carbocycles. The number of nitrogens with zero attached hydrogens (tertiary/aromatic N) is 1. The second-order valence-electron chi connectivity index (χ2n) is 5.21. The quantitative estimate of drug-likeness (QED) is 0.257. The maximum atomic E-state index is 12.4. The Labute approximate surface area is 140 Å². The zero-order valence-corrected chi connectivity index (χ0v) is 12.7. The van der Waals surface area contributed by atoms with Gasteiger partial charge in [0.25, 0.3) is 5.69 Å². The summed E-state index contributed by atoms with van der Waals surface area (Å²) < 4.78 is 4.97. The molecule has 0 atom stereocenters. The van der Waals surface area contributed by atoms with E-state index in [0.29, 0.717) is 10.9 Å². The Bertz CT molecular complexity index is 1080. The minimum absolute atomic E-state index is 0.0871. The molecule has 1 heterocycles. The van der Waals surface area contributed by atoms with Crippen LogP contribution in [-0.2, 0) is 0 Å². The van der Waals surface area contributed by atoms with E-state index in [-0.39, 0.29) is 22.6 Å². The fourth-order valence-corrected chi connectivity index (χ4v) is 2.36. The number of allylic oxidation sites excluding steroid dienone is 1. The summed E-state index contributed by atoms with van der Waals surface area (Å²) in [5, 5.41) is 20.6. The summed E-state index contributed by atoms with van der Waals surface area (Å²) in [6, 6.07) is 11.0. The van der Waals surface area contributed by atoms with Crippen LogP contribution in [0.25, 0.3) is 17.0 Å². The molecular weight excluding hydrogens is 326 g/mol. The number of nitro groups is 1. The van der Waals surface area contributed by atoms with Gasteiger partial charge in [0, 0.05) is 35.2 Å². The number of ketones is 1. The lowest BCUT2D eigenvalue weighted by molar-refractivity contribution is -0.384. The first-order chi connectivity index (χ1) is 11.9. The predicted octanol–water partition coefficient (Wildman–Crippen LogP) is 3.30. The molecule has 0 saturated heterocycles. The summed E-state index contributed by atoms with van der Waals surface area (Å²) in [7, 11) is 0. The Morgan fingerprint density at radius 1 is 1.16 bits per heavy atom. The number of phenolic OH excluding ortho intramolecular Hbond substituents is 1. The third-order valence-corrected chi connectivity index (χ3v) is 3.50. The third kappa shape index (κ3) is 3.45. The molecule has 25 heavy (non-hydrogen) atoms. The molecule has 0 aliphatic carbocycles. The molecule has 3 rings (SSSR count). The maximum Gasteiger partial charge on any atom is 0.336 e. The summed E-state index contributed by atoms with van der Waals surface area (Å²) in [5.41, 5.74) is -0.110. The molecule has 0 amide bonds. The Hall–Kier alpha value is -3.74. The normalized spacial score (nSPS) is 11.0. The van der Waals surface area contributed by atoms with E-state index in [1.807, 2.05) is 0 Å². The fourth-order valence-electron chi connectivity index (χ4n) is 2.36. The van der Waals surface area contributed by atoms with Crippen LogP contribution in [0.15, 0.2) is 63.8 Å². The molecule has 0 bridgehead atoms. The van der Waals surface area contributed by atoms with Crippen LogP contribution in [0.1, 0.15) is 15.9 Å². The maximum absolute atomic E-state index is 12.4. The van der Waals surface area contributed by atoms with Crippen LogP contribution in [0, 0.1) is 10.1 Å². The van der Waals surface area contributed by atoms with Crippen molar-refractivity contribution in [3.8, 4) is 5.75 Å². The highest BCUT2D eigenvalue weighted by Gasteiger charge is 2.12. The molecule has 7 heteroatoms. The number of rotatable bonds is 4. The van der Waals surface area contributed by atoms with Gasteiger partial charge in [0.05, 0.1) is 4.92 Å². The number of carbonyl (C=O) groups excluding carboxylic acids is 1. The Balaban J connectivity index is 1.99. The van der Waals surface area contributed by atoms with E-state index in [9.17, 15) is 24.8 Å². The number of fused-ring (bicyclic) bond motifs is 1. The van der Waals surface area contributed by atoms with Gasteiger partial charge in [-0.3, -0.25) is 14.9 Å². The smallest absolute Gasteiger partial charge is 0.336 e. The molecule has 124 valence electrons. The Morgan fingerprint density at radius 2 is 1.96 bits per heavy atom. The van der Waals surface area contributed by atoms with Crippen LogP contribution in [0.4, 0.5) is 5.69 Å². The second kappa shape index (κ2) is 6.40. The van der Waals surface area contributed by atoms with Crippen molar-refractivity contribution in [2.24, 2.45) is 0 Å². The lowest BCUT2D eigenvalue weighted by Gasteiger charge is -2.02. The van der Waals surface area contributed by atoms with Crippen molar-refractivity contribution in [1.82, 2.24) is 0 Å². The summed E-state index contributed by atoms with van der Waals surface area (Å²) >= 11 is 0. The number of carbonyl (C=O) groups is 1. The Morgan fingerprint density at radius 3 is 2.72 bits per heavy atom. The number of aromatic hydroxyl groups is 1. The van der Waals surface area contributed by atoms with Crippen LogP contribution in [0.5, 0.6) is 5.75 Å². The first-order valence-corrected chi connectivity index (χ1v) is 7.18. The molecule has 2 aromatic carbocycles. The van der Waals surface area contributed by atoms with Crippen LogP contribution >= 0.6 is 0 Å². The van der Waals surface area contributed by atoms with E-state index in [4.69, 9.17) is 4.42 Å². The molecule has 0 aliphatic heterocycles. The van der Waals surface area contributed by atoms with Gasteiger partial charge in [-0.05, 0) is 23.8 Å². The highest BCUT2D eigenvalue weighted by Crippen LogP contribution is 2.22. The van der Waals surface area contributed by atoms with Gasteiger partial charge in [0.15, 0.2) is 5.78 Å². The van der Waals surface area contributed by atoms with Crippen molar-refractivity contribution in [3.63, 3.8) is 0 Å². The second-order valence-corrected chi connectivity index (χ2v) is 5.21. The van der Waals surface area contributed by atoms with E-state index in [2.05, 4.69) is 0 Å². The number of non-ortho nitro benzene ring substituents is 1. The molecule has 0 radical (unpaired) electrons. The standard InChI is InChI=1S/C18H11NO6/c20-13-5-6-14-15(10-18(22)25-17(14)9-13)16(21)7-4-11-2-1-3-12(8-11)19(23)24/h1-10,20H/b7-4+. The van der Waals surface area contributed by atoms with E-state index < -0.39 is 16.3 Å². The van der Waals surface area contributed by atoms with E-state index in [0.717, 1.165) is 6.07 Å². The summed E-state index contributed by atoms with van der Waals surface area (Å²) in [4.78, 5) is 34.3. The highest BCUT2D eigenvalue weighted by molar-refractivity contribution is 6.14. The summed E-state index contributed by atoms with van der Waals surface area (Å²) in [5.74, 6) is -0.553. The number of phenols is 1. The van der Waals surface area contributed by atoms with Gasteiger partial charge < -0.3 is 9.52 Å². The monoisotopic (exact) mass is 337 g/mol. The van der Waals surface area contributed by atoms with Crippen molar-refractivity contribution >= 4 is 28.5 Å². The topological polar surface area (TPSA) is 111 Å². The number of nitro benzene ring substituents is 1. The third-order valence-electron chi connectivity index (χ3n) is 3.50. The largest absolute Gasteiger partial charge is 0.508 e. The zero-order chi connectivity index (χ0) is 18.0. The van der Waals surface area contributed by atoms with Crippen molar-refractivity contribution in [3.05, 3.63) is 86.3 Å². The highest BCUT2D eigenvalue weighted by atomic mass is 16.6. The molecule has 0 fully saturated rings.